The van der Waals surface area contributed by atoms with E-state index in [0.29, 0.717) is 0 Å². The van der Waals surface area contributed by atoms with Crippen LogP contribution in [0.3, 0.4) is 0 Å². The molecule has 11 heavy (non-hydrogen) atoms. The van der Waals surface area contributed by atoms with Gasteiger partial charge in [-0.1, -0.05) is 18.2 Å². The number of fused-ring (bicyclic) bond motifs is 1. The molecule has 0 bridgehead atoms. The fourth-order valence-electron chi connectivity index (χ4n) is 1.16. The molecule has 1 atom stereocenters. The highest BCUT2D eigenvalue weighted by Gasteiger charge is 2.14. The molecule has 0 nitrogen and oxygen atoms in total. The van der Waals surface area contributed by atoms with E-state index < -0.39 is 0 Å². The van der Waals surface area contributed by atoms with Gasteiger partial charge in [-0.2, -0.15) is 0 Å². The van der Waals surface area contributed by atoms with Gasteiger partial charge in [-0.3, -0.25) is 0 Å². The standard InChI is InChI=1S/C9H10S2/c1-7-10-6-8-4-2-3-5-9(8)11-7/h2-5,7H,6H2,1H3/t7-/m1/s1. The van der Waals surface area contributed by atoms with Gasteiger partial charge in [0.05, 0.1) is 4.58 Å². The summed E-state index contributed by atoms with van der Waals surface area (Å²) in [4.78, 5) is 1.47. The van der Waals surface area contributed by atoms with E-state index in [2.05, 4.69) is 31.2 Å². The third kappa shape index (κ3) is 1.57. The van der Waals surface area contributed by atoms with Crippen LogP contribution in [0.1, 0.15) is 12.5 Å². The van der Waals surface area contributed by atoms with Crippen molar-refractivity contribution in [2.24, 2.45) is 0 Å². The average Bonchev–Trinajstić information content (AvgIpc) is 2.04. The van der Waals surface area contributed by atoms with Crippen molar-refractivity contribution in [1.29, 1.82) is 0 Å². The Morgan fingerprint density at radius 2 is 2.18 bits per heavy atom. The first-order chi connectivity index (χ1) is 5.36. The van der Waals surface area contributed by atoms with E-state index in [4.69, 9.17) is 0 Å². The van der Waals surface area contributed by atoms with Crippen LogP contribution in [0.5, 0.6) is 0 Å². The SMILES string of the molecule is C[C@@H]1SCc2ccccc2S1. The van der Waals surface area contributed by atoms with Crippen molar-refractivity contribution in [2.75, 3.05) is 0 Å². The Kier molecular flexibility index (Phi) is 2.14. The van der Waals surface area contributed by atoms with E-state index in [1.807, 2.05) is 23.5 Å². The van der Waals surface area contributed by atoms with E-state index in [1.165, 1.54) is 16.2 Å². The minimum Gasteiger partial charge on any atom is -0.143 e. The van der Waals surface area contributed by atoms with Gasteiger partial charge in [0.1, 0.15) is 0 Å². The Morgan fingerprint density at radius 3 is 3.09 bits per heavy atom. The van der Waals surface area contributed by atoms with Gasteiger partial charge in [-0.25, -0.2) is 0 Å². The first-order valence-electron chi connectivity index (χ1n) is 3.72. The number of benzene rings is 1. The van der Waals surface area contributed by atoms with Gasteiger partial charge in [0.2, 0.25) is 0 Å². The van der Waals surface area contributed by atoms with Crippen LogP contribution in [0.2, 0.25) is 0 Å². The maximum Gasteiger partial charge on any atom is 0.0524 e. The van der Waals surface area contributed by atoms with Crippen LogP contribution in [-0.4, -0.2) is 4.58 Å². The quantitative estimate of drug-likeness (QED) is 0.603. The fraction of sp³-hybridized carbons (Fsp3) is 0.333. The Hall–Kier alpha value is -0.0800. The third-order valence-electron chi connectivity index (χ3n) is 1.74. The molecular formula is C9H10S2. The minimum atomic E-state index is 0.727. The van der Waals surface area contributed by atoms with Gasteiger partial charge >= 0.3 is 0 Å². The average molecular weight is 182 g/mol. The Bertz CT molecular complexity index is 257. The number of thioether (sulfide) groups is 2. The van der Waals surface area contributed by atoms with E-state index in [0.717, 1.165) is 4.58 Å². The molecule has 2 heteroatoms. The van der Waals surface area contributed by atoms with Crippen LogP contribution in [0.15, 0.2) is 29.2 Å². The molecule has 0 aromatic heterocycles. The lowest BCUT2D eigenvalue weighted by Crippen LogP contribution is -1.99. The van der Waals surface area contributed by atoms with Crippen molar-refractivity contribution in [3.8, 4) is 0 Å². The zero-order valence-electron chi connectivity index (χ0n) is 6.41. The van der Waals surface area contributed by atoms with Crippen molar-refractivity contribution < 1.29 is 0 Å². The summed E-state index contributed by atoms with van der Waals surface area (Å²) in [5.41, 5.74) is 1.50. The van der Waals surface area contributed by atoms with Crippen molar-refractivity contribution in [3.63, 3.8) is 0 Å². The summed E-state index contributed by atoms with van der Waals surface area (Å²) in [7, 11) is 0. The van der Waals surface area contributed by atoms with Gasteiger partial charge in [0.25, 0.3) is 0 Å². The molecule has 0 aliphatic carbocycles. The molecule has 1 aromatic rings. The summed E-state index contributed by atoms with van der Waals surface area (Å²) in [6.07, 6.45) is 0. The summed E-state index contributed by atoms with van der Waals surface area (Å²) < 4.78 is 0.727. The lowest BCUT2D eigenvalue weighted by Gasteiger charge is -2.19. The van der Waals surface area contributed by atoms with Crippen molar-refractivity contribution in [1.82, 2.24) is 0 Å². The van der Waals surface area contributed by atoms with E-state index >= 15 is 0 Å². The highest BCUT2D eigenvalue weighted by molar-refractivity contribution is 8.17. The van der Waals surface area contributed by atoms with Crippen molar-refractivity contribution >= 4 is 23.5 Å². The Labute approximate surface area is 75.8 Å². The molecule has 0 saturated heterocycles. The van der Waals surface area contributed by atoms with Crippen LogP contribution >= 0.6 is 23.5 Å². The van der Waals surface area contributed by atoms with Crippen LogP contribution in [0, 0.1) is 0 Å². The highest BCUT2D eigenvalue weighted by atomic mass is 32.2. The maximum absolute atomic E-state index is 2.27. The van der Waals surface area contributed by atoms with E-state index in [-0.39, 0.29) is 0 Å². The van der Waals surface area contributed by atoms with Gasteiger partial charge in [0.15, 0.2) is 0 Å². The van der Waals surface area contributed by atoms with Crippen molar-refractivity contribution in [2.45, 2.75) is 22.2 Å². The molecule has 2 rings (SSSR count). The molecule has 1 heterocycles. The minimum absolute atomic E-state index is 0.727. The molecule has 0 spiro atoms. The first-order valence-corrected chi connectivity index (χ1v) is 5.65. The lowest BCUT2D eigenvalue weighted by atomic mass is 10.2. The van der Waals surface area contributed by atoms with Crippen LogP contribution in [-0.2, 0) is 5.75 Å². The second kappa shape index (κ2) is 3.11. The molecule has 1 aromatic carbocycles. The second-order valence-corrected chi connectivity index (χ2v) is 5.61. The zero-order valence-corrected chi connectivity index (χ0v) is 8.04. The molecule has 0 saturated carbocycles. The normalized spacial score (nSPS) is 22.8. The maximum atomic E-state index is 2.27. The fourth-order valence-corrected chi connectivity index (χ4v) is 3.51. The summed E-state index contributed by atoms with van der Waals surface area (Å²) in [5, 5.41) is 0. The van der Waals surface area contributed by atoms with Crippen LogP contribution in [0.4, 0.5) is 0 Å². The summed E-state index contributed by atoms with van der Waals surface area (Å²) in [6, 6.07) is 8.68. The third-order valence-corrected chi connectivity index (χ3v) is 4.37. The predicted molar refractivity (Wildman–Crippen MR) is 53.1 cm³/mol. The largest absolute Gasteiger partial charge is 0.143 e. The number of rotatable bonds is 0. The molecular weight excluding hydrogens is 172 g/mol. The van der Waals surface area contributed by atoms with Crippen LogP contribution < -0.4 is 0 Å². The summed E-state index contributed by atoms with van der Waals surface area (Å²) >= 11 is 4.00. The summed E-state index contributed by atoms with van der Waals surface area (Å²) in [5.74, 6) is 1.18. The first kappa shape index (κ1) is 7.56. The Morgan fingerprint density at radius 1 is 1.36 bits per heavy atom. The molecule has 0 N–H and O–H groups in total. The predicted octanol–water partition coefficient (Wildman–Crippen LogP) is 3.37. The van der Waals surface area contributed by atoms with Gasteiger partial charge < -0.3 is 0 Å². The number of hydrogen-bond donors (Lipinski definition) is 0. The van der Waals surface area contributed by atoms with Gasteiger partial charge in [-0.05, 0) is 18.6 Å². The monoisotopic (exact) mass is 182 g/mol. The van der Waals surface area contributed by atoms with E-state index in [1.54, 1.807) is 0 Å². The Balaban J connectivity index is 2.34. The molecule has 1 aliphatic heterocycles. The van der Waals surface area contributed by atoms with Crippen LogP contribution in [0.25, 0.3) is 0 Å². The topological polar surface area (TPSA) is 0 Å². The molecule has 58 valence electrons. The van der Waals surface area contributed by atoms with Gasteiger partial charge in [0, 0.05) is 10.6 Å². The zero-order chi connectivity index (χ0) is 7.68. The summed E-state index contributed by atoms with van der Waals surface area (Å²) in [6.45, 7) is 2.27. The highest BCUT2D eigenvalue weighted by Crippen LogP contribution is 2.40. The van der Waals surface area contributed by atoms with Gasteiger partial charge in [-0.15, -0.1) is 23.5 Å². The smallest absolute Gasteiger partial charge is 0.0524 e. The number of hydrogen-bond acceptors (Lipinski definition) is 2. The lowest BCUT2D eigenvalue weighted by molar-refractivity contribution is 1.22. The molecule has 0 amide bonds. The molecule has 0 radical (unpaired) electrons. The molecule has 1 aliphatic rings. The molecule has 0 unspecified atom stereocenters. The molecule has 0 fully saturated rings. The second-order valence-electron chi connectivity index (χ2n) is 2.60. The van der Waals surface area contributed by atoms with Crippen molar-refractivity contribution in [3.05, 3.63) is 29.8 Å². The van der Waals surface area contributed by atoms with E-state index in [9.17, 15) is 0 Å².